The van der Waals surface area contributed by atoms with Gasteiger partial charge in [-0.2, -0.15) is 13.2 Å². The number of hydrogen-bond donors (Lipinski definition) is 1. The van der Waals surface area contributed by atoms with Crippen molar-refractivity contribution in [2.45, 2.75) is 31.5 Å². The summed E-state index contributed by atoms with van der Waals surface area (Å²) < 4.78 is 43.9. The van der Waals surface area contributed by atoms with Crippen LogP contribution < -0.4 is 5.32 Å². The zero-order valence-electron chi connectivity index (χ0n) is 11.8. The molecule has 1 N–H and O–H groups in total. The number of rotatable bonds is 2. The molecular weight excluding hydrogens is 305 g/mol. The van der Waals surface area contributed by atoms with Crippen molar-refractivity contribution >= 4 is 17.3 Å². The minimum absolute atomic E-state index is 0.0409. The molecular formula is C13H13F3N2O4. The molecule has 1 aliphatic heterocycles. The van der Waals surface area contributed by atoms with Gasteiger partial charge in [0.15, 0.2) is 0 Å². The number of fused-ring (bicyclic) bond motifs is 1. The van der Waals surface area contributed by atoms with Crippen LogP contribution in [0.4, 0.5) is 24.5 Å². The van der Waals surface area contributed by atoms with Gasteiger partial charge in [-0.05, 0) is 25.3 Å². The van der Waals surface area contributed by atoms with Gasteiger partial charge in [-0.15, -0.1) is 0 Å². The van der Waals surface area contributed by atoms with E-state index >= 15 is 0 Å². The van der Waals surface area contributed by atoms with E-state index in [1.807, 2.05) is 0 Å². The van der Waals surface area contributed by atoms with Crippen LogP contribution in [0.2, 0.25) is 0 Å². The Bertz CT molecular complexity index is 645. The molecule has 0 fully saturated rings. The molecule has 0 saturated carbocycles. The van der Waals surface area contributed by atoms with Crippen molar-refractivity contribution < 1.29 is 27.6 Å². The smallest absolute Gasteiger partial charge is 0.417 e. The Labute approximate surface area is 123 Å². The zero-order chi connectivity index (χ0) is 16.7. The van der Waals surface area contributed by atoms with Crippen LogP contribution in [-0.4, -0.2) is 23.5 Å². The number of halogens is 3. The minimum Gasteiger partial charge on any atom is -0.467 e. The van der Waals surface area contributed by atoms with Gasteiger partial charge in [0.05, 0.1) is 17.6 Å². The molecule has 22 heavy (non-hydrogen) atoms. The molecule has 6 nitrogen and oxygen atoms in total. The Morgan fingerprint density at radius 1 is 1.45 bits per heavy atom. The first kappa shape index (κ1) is 16.1. The van der Waals surface area contributed by atoms with Gasteiger partial charge in [0.2, 0.25) is 0 Å². The molecule has 0 bridgehead atoms. The molecule has 1 aliphatic rings. The summed E-state index contributed by atoms with van der Waals surface area (Å²) in [7, 11) is 1.17. The fourth-order valence-electron chi connectivity index (χ4n) is 2.51. The molecule has 0 aliphatic carbocycles. The van der Waals surface area contributed by atoms with Gasteiger partial charge in [-0.1, -0.05) is 0 Å². The second kappa shape index (κ2) is 5.15. The van der Waals surface area contributed by atoms with Crippen LogP contribution in [-0.2, 0) is 22.1 Å². The van der Waals surface area contributed by atoms with E-state index in [-0.39, 0.29) is 24.1 Å². The van der Waals surface area contributed by atoms with Crippen LogP contribution in [0.15, 0.2) is 12.1 Å². The van der Waals surface area contributed by atoms with Crippen molar-refractivity contribution in [3.05, 3.63) is 33.4 Å². The number of carbonyl (C=O) groups excluding carboxylic acids is 1. The monoisotopic (exact) mass is 318 g/mol. The largest absolute Gasteiger partial charge is 0.467 e. The molecule has 2 rings (SSSR count). The Hall–Kier alpha value is -2.32. The van der Waals surface area contributed by atoms with Crippen LogP contribution in [0.5, 0.6) is 0 Å². The van der Waals surface area contributed by atoms with E-state index in [1.165, 1.54) is 14.0 Å². The molecule has 0 aromatic heterocycles. The molecule has 0 amide bonds. The lowest BCUT2D eigenvalue weighted by Crippen LogP contribution is -2.47. The van der Waals surface area contributed by atoms with E-state index in [4.69, 9.17) is 0 Å². The van der Waals surface area contributed by atoms with E-state index in [9.17, 15) is 28.1 Å². The van der Waals surface area contributed by atoms with Gasteiger partial charge < -0.3 is 10.1 Å². The molecule has 0 saturated heterocycles. The Morgan fingerprint density at radius 2 is 2.09 bits per heavy atom. The predicted molar refractivity (Wildman–Crippen MR) is 70.5 cm³/mol. The molecule has 1 heterocycles. The average molecular weight is 318 g/mol. The fourth-order valence-corrected chi connectivity index (χ4v) is 2.51. The molecule has 0 radical (unpaired) electrons. The lowest BCUT2D eigenvalue weighted by Gasteiger charge is -2.35. The highest BCUT2D eigenvalue weighted by Gasteiger charge is 2.43. The number of esters is 1. The molecule has 1 aromatic carbocycles. The molecule has 9 heteroatoms. The van der Waals surface area contributed by atoms with Crippen molar-refractivity contribution in [3.63, 3.8) is 0 Å². The van der Waals surface area contributed by atoms with E-state index < -0.39 is 33.9 Å². The van der Waals surface area contributed by atoms with Gasteiger partial charge in [0, 0.05) is 17.8 Å². The summed E-state index contributed by atoms with van der Waals surface area (Å²) in [4.78, 5) is 21.7. The lowest BCUT2D eigenvalue weighted by atomic mass is 9.85. The number of hydrogen-bond acceptors (Lipinski definition) is 5. The number of nitrogens with zero attached hydrogens (tertiary/aromatic N) is 1. The third-order valence-electron chi connectivity index (χ3n) is 3.67. The van der Waals surface area contributed by atoms with Gasteiger partial charge in [0.1, 0.15) is 5.54 Å². The summed E-state index contributed by atoms with van der Waals surface area (Å²) in [6.45, 7) is 1.48. The highest BCUT2D eigenvalue weighted by molar-refractivity contribution is 5.85. The molecule has 0 spiro atoms. The molecule has 120 valence electrons. The SMILES string of the molecule is COC(=O)C1(C)CCc2c(cc([N+](=O)[O-])cc2C(F)(F)F)N1. The minimum atomic E-state index is -4.71. The number of ether oxygens (including phenoxy) is 1. The average Bonchev–Trinajstić information content (AvgIpc) is 2.43. The third kappa shape index (κ3) is 2.70. The number of alkyl halides is 3. The second-order valence-electron chi connectivity index (χ2n) is 5.22. The Balaban J connectivity index is 2.58. The topological polar surface area (TPSA) is 81.5 Å². The van der Waals surface area contributed by atoms with Crippen LogP contribution in [0.25, 0.3) is 0 Å². The number of methoxy groups -OCH3 is 1. The second-order valence-corrected chi connectivity index (χ2v) is 5.22. The van der Waals surface area contributed by atoms with Crippen molar-refractivity contribution in [2.24, 2.45) is 0 Å². The molecule has 1 aromatic rings. The van der Waals surface area contributed by atoms with Crippen molar-refractivity contribution in [2.75, 3.05) is 12.4 Å². The number of nitrogens with one attached hydrogen (secondary N) is 1. The zero-order valence-corrected chi connectivity index (χ0v) is 11.8. The molecule has 1 unspecified atom stereocenters. The number of nitro benzene ring substituents is 1. The fraction of sp³-hybridized carbons (Fsp3) is 0.462. The quantitative estimate of drug-likeness (QED) is 0.515. The van der Waals surface area contributed by atoms with Crippen molar-refractivity contribution in [1.82, 2.24) is 0 Å². The van der Waals surface area contributed by atoms with Crippen molar-refractivity contribution in [3.8, 4) is 0 Å². The van der Waals surface area contributed by atoms with Gasteiger partial charge in [0.25, 0.3) is 5.69 Å². The number of anilines is 1. The van der Waals surface area contributed by atoms with E-state index in [1.54, 1.807) is 0 Å². The first-order valence-electron chi connectivity index (χ1n) is 6.33. The maximum atomic E-state index is 13.1. The summed E-state index contributed by atoms with van der Waals surface area (Å²) in [5.41, 5.74) is -3.12. The standard InChI is InChI=1S/C13H13F3N2O4/c1-12(11(19)22-2)4-3-8-9(13(14,15)16)5-7(18(20)21)6-10(8)17-12/h5-6,17H,3-4H2,1-2H3. The van der Waals surface area contributed by atoms with Crippen LogP contribution >= 0.6 is 0 Å². The van der Waals surface area contributed by atoms with Gasteiger partial charge in [-0.25, -0.2) is 4.79 Å². The summed E-state index contributed by atoms with van der Waals surface area (Å²) in [5.74, 6) is -0.641. The Kier molecular flexibility index (Phi) is 3.76. The summed E-state index contributed by atoms with van der Waals surface area (Å²) >= 11 is 0. The summed E-state index contributed by atoms with van der Waals surface area (Å²) in [6, 6.07) is 1.52. The predicted octanol–water partition coefficient (Wildman–Crippen LogP) is 2.90. The highest BCUT2D eigenvalue weighted by Crippen LogP contribution is 2.42. The highest BCUT2D eigenvalue weighted by atomic mass is 19.4. The van der Waals surface area contributed by atoms with E-state index in [2.05, 4.69) is 10.1 Å². The van der Waals surface area contributed by atoms with Crippen molar-refractivity contribution in [1.29, 1.82) is 0 Å². The number of benzene rings is 1. The van der Waals surface area contributed by atoms with E-state index in [0.717, 1.165) is 6.07 Å². The summed E-state index contributed by atoms with van der Waals surface area (Å²) in [5, 5.41) is 13.5. The molecule has 1 atom stereocenters. The summed E-state index contributed by atoms with van der Waals surface area (Å²) in [6.07, 6.45) is -4.66. The van der Waals surface area contributed by atoms with Crippen LogP contribution in [0, 0.1) is 10.1 Å². The van der Waals surface area contributed by atoms with Gasteiger partial charge >= 0.3 is 12.1 Å². The third-order valence-corrected chi connectivity index (χ3v) is 3.67. The van der Waals surface area contributed by atoms with Gasteiger partial charge in [-0.3, -0.25) is 10.1 Å². The maximum Gasteiger partial charge on any atom is 0.417 e. The number of carbonyl (C=O) groups is 1. The lowest BCUT2D eigenvalue weighted by molar-refractivity contribution is -0.385. The normalized spacial score (nSPS) is 20.8. The first-order valence-corrected chi connectivity index (χ1v) is 6.33. The first-order chi connectivity index (χ1) is 10.1. The maximum absolute atomic E-state index is 13.1. The Morgan fingerprint density at radius 3 is 2.59 bits per heavy atom. The van der Waals surface area contributed by atoms with E-state index in [0.29, 0.717) is 6.07 Å². The van der Waals surface area contributed by atoms with Crippen LogP contribution in [0.3, 0.4) is 0 Å². The number of nitro groups is 1. The number of non-ortho nitro benzene ring substituents is 1. The van der Waals surface area contributed by atoms with Crippen LogP contribution in [0.1, 0.15) is 24.5 Å².